The second kappa shape index (κ2) is 8.78. The fraction of sp³-hybridized carbons (Fsp3) is 0.316. The molecule has 0 radical (unpaired) electrons. The van der Waals surface area contributed by atoms with Crippen LogP contribution >= 0.6 is 23.2 Å². The molecule has 2 aromatic carbocycles. The molecule has 2 aromatic rings. The molecule has 0 bridgehead atoms. The van der Waals surface area contributed by atoms with Crippen molar-refractivity contribution in [1.82, 2.24) is 4.31 Å². The summed E-state index contributed by atoms with van der Waals surface area (Å²) < 4.78 is 39.7. The topological polar surface area (TPSA) is 66.5 Å². The summed E-state index contributed by atoms with van der Waals surface area (Å²) >= 11 is 11.9. The van der Waals surface area contributed by atoms with Gasteiger partial charge in [0.25, 0.3) is 0 Å². The number of nitrogens with zero attached hydrogens (tertiary/aromatic N) is 1. The lowest BCUT2D eigenvalue weighted by Crippen LogP contribution is -2.41. The Morgan fingerprint density at radius 3 is 2.36 bits per heavy atom. The normalized spacial score (nSPS) is 16.1. The molecule has 1 aliphatic rings. The van der Waals surface area contributed by atoms with Gasteiger partial charge in [-0.15, -0.1) is 0 Å². The minimum atomic E-state index is -3.55. The Bertz CT molecular complexity index is 960. The first-order valence-corrected chi connectivity index (χ1v) is 11.1. The lowest BCUT2D eigenvalue weighted by atomic mass is 9.97. The molecule has 1 aliphatic heterocycles. The summed E-state index contributed by atoms with van der Waals surface area (Å²) in [6.45, 7) is 0.518. The number of amides is 1. The minimum absolute atomic E-state index is 0.190. The minimum Gasteiger partial charge on any atom is -0.326 e. The van der Waals surface area contributed by atoms with Crippen LogP contribution in [0.5, 0.6) is 0 Å². The summed E-state index contributed by atoms with van der Waals surface area (Å²) in [5, 5.41) is 3.49. The van der Waals surface area contributed by atoms with Crippen molar-refractivity contribution >= 4 is 44.8 Å². The number of hydrogen-bond acceptors (Lipinski definition) is 3. The highest BCUT2D eigenvalue weighted by Gasteiger charge is 2.31. The Labute approximate surface area is 173 Å². The predicted octanol–water partition coefficient (Wildman–Crippen LogP) is 4.31. The maximum absolute atomic E-state index is 12.9. The van der Waals surface area contributed by atoms with Gasteiger partial charge in [0.2, 0.25) is 15.9 Å². The number of hydrogen-bond donors (Lipinski definition) is 1. The van der Waals surface area contributed by atoms with Crippen LogP contribution < -0.4 is 5.32 Å². The quantitative estimate of drug-likeness (QED) is 0.746. The van der Waals surface area contributed by atoms with Gasteiger partial charge in [0.1, 0.15) is 5.82 Å². The maximum atomic E-state index is 12.9. The van der Waals surface area contributed by atoms with E-state index in [1.807, 2.05) is 0 Å². The van der Waals surface area contributed by atoms with Crippen LogP contribution in [0.3, 0.4) is 0 Å². The number of benzene rings is 2. The summed E-state index contributed by atoms with van der Waals surface area (Å²) in [4.78, 5) is 12.4. The monoisotopic (exact) mass is 444 g/mol. The fourth-order valence-electron chi connectivity index (χ4n) is 3.10. The third-order valence-corrected chi connectivity index (χ3v) is 7.10. The molecule has 0 atom stereocenters. The van der Waals surface area contributed by atoms with Crippen LogP contribution in [0.25, 0.3) is 0 Å². The van der Waals surface area contributed by atoms with Crippen molar-refractivity contribution in [3.63, 3.8) is 0 Å². The van der Waals surface area contributed by atoms with Crippen molar-refractivity contribution in [3.8, 4) is 0 Å². The third-order valence-electron chi connectivity index (χ3n) is 4.68. The Morgan fingerprint density at radius 1 is 1.11 bits per heavy atom. The van der Waals surface area contributed by atoms with E-state index in [0.717, 1.165) is 0 Å². The second-order valence-corrected chi connectivity index (χ2v) is 9.47. The molecule has 1 heterocycles. The summed E-state index contributed by atoms with van der Waals surface area (Å²) in [6, 6.07) is 10.2. The van der Waals surface area contributed by atoms with Gasteiger partial charge in [0.05, 0.1) is 5.75 Å². The standard InChI is InChI=1S/C19H19Cl2FN2O3S/c20-15-2-1-14(18(21)11-15)12-28(26,27)24-9-7-13(8-10-24)19(25)23-17-5-3-16(22)4-6-17/h1-6,11,13H,7-10,12H2,(H,23,25). The molecule has 1 amide bonds. The molecule has 3 rings (SSSR count). The molecule has 150 valence electrons. The highest BCUT2D eigenvalue weighted by Crippen LogP contribution is 2.26. The average molecular weight is 445 g/mol. The number of anilines is 1. The predicted molar refractivity (Wildman–Crippen MR) is 108 cm³/mol. The SMILES string of the molecule is O=C(Nc1ccc(F)cc1)C1CCN(S(=O)(=O)Cc2ccc(Cl)cc2Cl)CC1. The molecule has 0 saturated carbocycles. The van der Waals surface area contributed by atoms with Gasteiger partial charge in [-0.25, -0.2) is 17.1 Å². The van der Waals surface area contributed by atoms with Crippen molar-refractivity contribution < 1.29 is 17.6 Å². The van der Waals surface area contributed by atoms with E-state index in [9.17, 15) is 17.6 Å². The molecule has 0 unspecified atom stereocenters. The molecule has 0 aliphatic carbocycles. The Kier molecular flexibility index (Phi) is 6.60. The smallest absolute Gasteiger partial charge is 0.227 e. The average Bonchev–Trinajstić information content (AvgIpc) is 2.66. The Morgan fingerprint density at radius 2 is 1.75 bits per heavy atom. The fourth-order valence-corrected chi connectivity index (χ4v) is 5.25. The maximum Gasteiger partial charge on any atom is 0.227 e. The zero-order chi connectivity index (χ0) is 20.3. The van der Waals surface area contributed by atoms with E-state index in [2.05, 4.69) is 5.32 Å². The molecule has 1 N–H and O–H groups in total. The van der Waals surface area contributed by atoms with Gasteiger partial charge in [0.15, 0.2) is 0 Å². The Hall–Kier alpha value is -1.67. The molecule has 9 heteroatoms. The molecule has 28 heavy (non-hydrogen) atoms. The van der Waals surface area contributed by atoms with Crippen LogP contribution in [-0.2, 0) is 20.6 Å². The van der Waals surface area contributed by atoms with E-state index in [4.69, 9.17) is 23.2 Å². The van der Waals surface area contributed by atoms with Crippen molar-refractivity contribution in [2.24, 2.45) is 5.92 Å². The van der Waals surface area contributed by atoms with Crippen molar-refractivity contribution in [2.75, 3.05) is 18.4 Å². The second-order valence-electron chi connectivity index (χ2n) is 6.66. The van der Waals surface area contributed by atoms with E-state index in [1.54, 1.807) is 12.1 Å². The van der Waals surface area contributed by atoms with E-state index in [1.165, 1.54) is 34.6 Å². The van der Waals surface area contributed by atoms with Gasteiger partial charge < -0.3 is 5.32 Å². The summed E-state index contributed by atoms with van der Waals surface area (Å²) in [5.74, 6) is -1.08. The van der Waals surface area contributed by atoms with Crippen LogP contribution in [0.2, 0.25) is 10.0 Å². The molecular formula is C19H19Cl2FN2O3S. The zero-order valence-electron chi connectivity index (χ0n) is 14.9. The first-order chi connectivity index (χ1) is 13.2. The van der Waals surface area contributed by atoms with Crippen LogP contribution in [0.1, 0.15) is 18.4 Å². The van der Waals surface area contributed by atoms with Gasteiger partial charge in [-0.2, -0.15) is 0 Å². The highest BCUT2D eigenvalue weighted by atomic mass is 35.5. The number of carbonyl (C=O) groups is 1. The first-order valence-electron chi connectivity index (χ1n) is 8.73. The summed E-state index contributed by atoms with van der Waals surface area (Å²) in [6.07, 6.45) is 0.835. The molecular weight excluding hydrogens is 426 g/mol. The number of nitrogens with one attached hydrogen (secondary N) is 1. The summed E-state index contributed by atoms with van der Waals surface area (Å²) in [7, 11) is -3.55. The number of rotatable bonds is 5. The number of carbonyl (C=O) groups excluding carboxylic acids is 1. The molecule has 0 spiro atoms. The van der Waals surface area contributed by atoms with Crippen molar-refractivity contribution in [3.05, 3.63) is 63.9 Å². The highest BCUT2D eigenvalue weighted by molar-refractivity contribution is 7.88. The molecule has 1 fully saturated rings. The van der Waals surface area contributed by atoms with Crippen LogP contribution in [-0.4, -0.2) is 31.7 Å². The van der Waals surface area contributed by atoms with Crippen molar-refractivity contribution in [2.45, 2.75) is 18.6 Å². The van der Waals surface area contributed by atoms with Gasteiger partial charge in [-0.1, -0.05) is 29.3 Å². The van der Waals surface area contributed by atoms with Gasteiger partial charge in [-0.05, 0) is 54.8 Å². The van der Waals surface area contributed by atoms with E-state index >= 15 is 0 Å². The number of sulfonamides is 1. The van der Waals surface area contributed by atoms with E-state index in [0.29, 0.717) is 34.1 Å². The lowest BCUT2D eigenvalue weighted by Gasteiger charge is -2.30. The van der Waals surface area contributed by atoms with Crippen LogP contribution in [0.15, 0.2) is 42.5 Å². The number of piperidine rings is 1. The first kappa shape index (κ1) is 21.0. The zero-order valence-corrected chi connectivity index (χ0v) is 17.2. The Balaban J connectivity index is 1.57. The number of halogens is 3. The van der Waals surface area contributed by atoms with Crippen LogP contribution in [0, 0.1) is 11.7 Å². The van der Waals surface area contributed by atoms with E-state index < -0.39 is 10.0 Å². The molecule has 5 nitrogen and oxygen atoms in total. The van der Waals surface area contributed by atoms with Gasteiger partial charge >= 0.3 is 0 Å². The third kappa shape index (κ3) is 5.23. The van der Waals surface area contributed by atoms with Gasteiger partial charge in [-0.3, -0.25) is 4.79 Å². The van der Waals surface area contributed by atoms with Gasteiger partial charge in [0, 0.05) is 34.7 Å². The van der Waals surface area contributed by atoms with Crippen LogP contribution in [0.4, 0.5) is 10.1 Å². The largest absolute Gasteiger partial charge is 0.326 e. The lowest BCUT2D eigenvalue weighted by molar-refractivity contribution is -0.120. The summed E-state index contributed by atoms with van der Waals surface area (Å²) in [5.41, 5.74) is 1.00. The van der Waals surface area contributed by atoms with Crippen molar-refractivity contribution in [1.29, 1.82) is 0 Å². The molecule has 1 saturated heterocycles. The molecule has 0 aromatic heterocycles. The van der Waals surface area contributed by atoms with E-state index in [-0.39, 0.29) is 36.5 Å².